The van der Waals surface area contributed by atoms with Gasteiger partial charge in [0, 0.05) is 31.4 Å². The predicted octanol–water partition coefficient (Wildman–Crippen LogP) is 4.15. The van der Waals surface area contributed by atoms with Crippen LogP contribution in [0.2, 0.25) is 5.02 Å². The SMILES string of the molecule is COc1cc(C=CC(=O)NCC2CCN(c3ccc(F)cc3)C2)cc(Cl)c1OC. The smallest absolute Gasteiger partial charge is 0.244 e. The molecule has 1 amide bonds. The van der Waals surface area contributed by atoms with Gasteiger partial charge in [0.2, 0.25) is 5.91 Å². The minimum atomic E-state index is -0.237. The number of nitrogens with one attached hydrogen (secondary N) is 1. The number of amides is 1. The number of benzene rings is 2. The monoisotopic (exact) mass is 418 g/mol. The van der Waals surface area contributed by atoms with Crippen molar-refractivity contribution >= 4 is 29.3 Å². The molecule has 2 aromatic rings. The molecule has 1 fully saturated rings. The molecule has 5 nitrogen and oxygen atoms in total. The van der Waals surface area contributed by atoms with Crippen molar-refractivity contribution in [2.75, 3.05) is 38.8 Å². The molecule has 1 atom stereocenters. The topological polar surface area (TPSA) is 50.8 Å². The highest BCUT2D eigenvalue weighted by molar-refractivity contribution is 6.32. The summed E-state index contributed by atoms with van der Waals surface area (Å²) in [5.41, 5.74) is 1.75. The van der Waals surface area contributed by atoms with E-state index in [-0.39, 0.29) is 11.7 Å². The summed E-state index contributed by atoms with van der Waals surface area (Å²) in [6.07, 6.45) is 4.14. The Morgan fingerprint density at radius 2 is 2.03 bits per heavy atom. The fourth-order valence-electron chi connectivity index (χ4n) is 3.40. The zero-order valence-electron chi connectivity index (χ0n) is 16.5. The number of ether oxygens (including phenoxy) is 2. The Morgan fingerprint density at radius 1 is 1.28 bits per heavy atom. The molecule has 0 spiro atoms. The maximum atomic E-state index is 13.1. The standard InChI is InChI=1S/C22H24ClFN2O3/c1-28-20-12-15(11-19(23)22(20)29-2)3-8-21(27)25-13-16-9-10-26(14-16)18-6-4-17(24)5-7-18/h3-8,11-12,16H,9-10,13-14H2,1-2H3,(H,25,27). The molecule has 0 radical (unpaired) electrons. The Morgan fingerprint density at radius 3 is 2.72 bits per heavy atom. The van der Waals surface area contributed by atoms with E-state index in [1.165, 1.54) is 32.4 Å². The van der Waals surface area contributed by atoms with Gasteiger partial charge < -0.3 is 19.7 Å². The van der Waals surface area contributed by atoms with Gasteiger partial charge in [-0.2, -0.15) is 0 Å². The van der Waals surface area contributed by atoms with Crippen LogP contribution < -0.4 is 19.7 Å². The van der Waals surface area contributed by atoms with Crippen LogP contribution in [0.25, 0.3) is 6.08 Å². The van der Waals surface area contributed by atoms with Crippen molar-refractivity contribution in [3.8, 4) is 11.5 Å². The first kappa shape index (κ1) is 21.0. The molecule has 1 aliphatic rings. The van der Waals surface area contributed by atoms with E-state index < -0.39 is 0 Å². The van der Waals surface area contributed by atoms with Gasteiger partial charge in [-0.05, 0) is 60.4 Å². The fourth-order valence-corrected chi connectivity index (χ4v) is 3.69. The van der Waals surface area contributed by atoms with E-state index in [1.807, 2.05) is 0 Å². The Labute approximate surface area is 175 Å². The average Bonchev–Trinajstić information content (AvgIpc) is 3.19. The van der Waals surface area contributed by atoms with Crippen LogP contribution in [0.3, 0.4) is 0 Å². The molecule has 1 saturated heterocycles. The van der Waals surface area contributed by atoms with Crippen molar-refractivity contribution in [3.05, 3.63) is 58.9 Å². The molecule has 1 N–H and O–H groups in total. The molecule has 1 aliphatic heterocycles. The third-order valence-corrected chi connectivity index (χ3v) is 5.21. The highest BCUT2D eigenvalue weighted by Gasteiger charge is 2.22. The van der Waals surface area contributed by atoms with Gasteiger partial charge in [-0.25, -0.2) is 4.39 Å². The molecule has 1 unspecified atom stereocenters. The van der Waals surface area contributed by atoms with Crippen LogP contribution in [-0.4, -0.2) is 39.8 Å². The molecule has 2 aromatic carbocycles. The van der Waals surface area contributed by atoms with Crippen LogP contribution in [0.4, 0.5) is 10.1 Å². The molecule has 29 heavy (non-hydrogen) atoms. The maximum absolute atomic E-state index is 13.1. The van der Waals surface area contributed by atoms with Gasteiger partial charge >= 0.3 is 0 Å². The zero-order valence-corrected chi connectivity index (χ0v) is 17.2. The van der Waals surface area contributed by atoms with Gasteiger partial charge in [-0.1, -0.05) is 11.6 Å². The number of hydrogen-bond acceptors (Lipinski definition) is 4. The average molecular weight is 419 g/mol. The van der Waals surface area contributed by atoms with Crippen LogP contribution in [0.5, 0.6) is 11.5 Å². The Kier molecular flexibility index (Phi) is 6.99. The van der Waals surface area contributed by atoms with E-state index in [0.29, 0.717) is 29.0 Å². The number of rotatable bonds is 7. The van der Waals surface area contributed by atoms with E-state index in [9.17, 15) is 9.18 Å². The minimum Gasteiger partial charge on any atom is -0.493 e. The highest BCUT2D eigenvalue weighted by Crippen LogP contribution is 2.36. The van der Waals surface area contributed by atoms with Crippen LogP contribution in [0, 0.1) is 11.7 Å². The molecule has 0 saturated carbocycles. The Hall–Kier alpha value is -2.73. The van der Waals surface area contributed by atoms with Crippen LogP contribution in [-0.2, 0) is 4.79 Å². The second kappa shape index (κ2) is 9.65. The molecule has 0 bridgehead atoms. The minimum absolute atomic E-state index is 0.170. The largest absolute Gasteiger partial charge is 0.493 e. The lowest BCUT2D eigenvalue weighted by Crippen LogP contribution is -2.29. The van der Waals surface area contributed by atoms with E-state index in [0.717, 1.165) is 30.8 Å². The predicted molar refractivity (Wildman–Crippen MR) is 113 cm³/mol. The summed E-state index contributed by atoms with van der Waals surface area (Å²) in [6.45, 7) is 2.32. The van der Waals surface area contributed by atoms with Crippen LogP contribution >= 0.6 is 11.6 Å². The summed E-state index contributed by atoms with van der Waals surface area (Å²) < 4.78 is 23.5. The number of methoxy groups -OCH3 is 2. The second-order valence-electron chi connectivity index (χ2n) is 6.89. The van der Waals surface area contributed by atoms with Gasteiger partial charge in [0.05, 0.1) is 19.2 Å². The van der Waals surface area contributed by atoms with E-state index in [2.05, 4.69) is 10.2 Å². The van der Waals surface area contributed by atoms with Gasteiger partial charge in [-0.15, -0.1) is 0 Å². The van der Waals surface area contributed by atoms with Gasteiger partial charge in [0.1, 0.15) is 5.82 Å². The summed E-state index contributed by atoms with van der Waals surface area (Å²) >= 11 is 6.18. The van der Waals surface area contributed by atoms with E-state index in [4.69, 9.17) is 21.1 Å². The molecular formula is C22H24ClFN2O3. The van der Waals surface area contributed by atoms with Gasteiger partial charge in [-0.3, -0.25) is 4.79 Å². The van der Waals surface area contributed by atoms with E-state index >= 15 is 0 Å². The summed E-state index contributed by atoms with van der Waals surface area (Å²) in [4.78, 5) is 14.4. The number of hydrogen-bond donors (Lipinski definition) is 1. The molecule has 1 heterocycles. The lowest BCUT2D eigenvalue weighted by Gasteiger charge is -2.18. The summed E-state index contributed by atoms with van der Waals surface area (Å²) in [7, 11) is 3.05. The molecule has 3 rings (SSSR count). The van der Waals surface area contributed by atoms with Crippen molar-refractivity contribution < 1.29 is 18.7 Å². The van der Waals surface area contributed by atoms with E-state index in [1.54, 1.807) is 30.3 Å². The van der Waals surface area contributed by atoms with Crippen LogP contribution in [0.15, 0.2) is 42.5 Å². The second-order valence-corrected chi connectivity index (χ2v) is 7.30. The van der Waals surface area contributed by atoms with Crippen molar-refractivity contribution in [3.63, 3.8) is 0 Å². The molecule has 154 valence electrons. The van der Waals surface area contributed by atoms with Crippen molar-refractivity contribution in [2.45, 2.75) is 6.42 Å². The number of carbonyl (C=O) groups excluding carboxylic acids is 1. The number of halogens is 2. The quantitative estimate of drug-likeness (QED) is 0.686. The number of nitrogens with zero attached hydrogens (tertiary/aromatic N) is 1. The third-order valence-electron chi connectivity index (χ3n) is 4.93. The molecule has 0 aromatic heterocycles. The summed E-state index contributed by atoms with van der Waals surface area (Å²) in [5, 5.41) is 3.36. The number of anilines is 1. The Bertz CT molecular complexity index is 886. The molecule has 7 heteroatoms. The van der Waals surface area contributed by atoms with Crippen LogP contribution in [0.1, 0.15) is 12.0 Å². The first-order valence-electron chi connectivity index (χ1n) is 9.38. The summed E-state index contributed by atoms with van der Waals surface area (Å²) in [6, 6.07) is 9.97. The maximum Gasteiger partial charge on any atom is 0.244 e. The summed E-state index contributed by atoms with van der Waals surface area (Å²) in [5.74, 6) is 0.915. The Balaban J connectivity index is 1.51. The fraction of sp³-hybridized carbons (Fsp3) is 0.318. The molecular weight excluding hydrogens is 395 g/mol. The van der Waals surface area contributed by atoms with Gasteiger partial charge in [0.25, 0.3) is 0 Å². The normalized spacial score (nSPS) is 16.3. The zero-order chi connectivity index (χ0) is 20.8. The third kappa shape index (κ3) is 5.41. The van der Waals surface area contributed by atoms with Crippen molar-refractivity contribution in [1.82, 2.24) is 5.32 Å². The first-order chi connectivity index (χ1) is 14.0. The number of carbonyl (C=O) groups is 1. The first-order valence-corrected chi connectivity index (χ1v) is 9.76. The van der Waals surface area contributed by atoms with Gasteiger partial charge in [0.15, 0.2) is 11.5 Å². The lowest BCUT2D eigenvalue weighted by atomic mass is 10.1. The van der Waals surface area contributed by atoms with Crippen molar-refractivity contribution in [1.29, 1.82) is 0 Å². The molecule has 0 aliphatic carbocycles. The van der Waals surface area contributed by atoms with Crippen molar-refractivity contribution in [2.24, 2.45) is 5.92 Å². The lowest BCUT2D eigenvalue weighted by molar-refractivity contribution is -0.116. The highest BCUT2D eigenvalue weighted by atomic mass is 35.5.